The molecule has 0 unspecified atom stereocenters. The maximum atomic E-state index is 5.11. The van der Waals surface area contributed by atoms with Crippen LogP contribution in [0.1, 0.15) is 0 Å². The smallest absolute Gasteiger partial charge is 0.137 e. The molecular weight excluding hydrogens is 560 g/mol. The van der Waals surface area contributed by atoms with Crippen molar-refractivity contribution in [2.75, 3.05) is 0 Å². The van der Waals surface area contributed by atoms with Crippen LogP contribution in [0.4, 0.5) is 0 Å². The molecule has 0 aliphatic rings. The molecule has 4 heteroatoms. The fourth-order valence-corrected chi connectivity index (χ4v) is 7.29. The average molecular weight is 587 g/mol. The average Bonchev–Trinajstić information content (AvgIpc) is 3.68. The van der Waals surface area contributed by atoms with Gasteiger partial charge in [0.25, 0.3) is 0 Å². The van der Waals surface area contributed by atoms with E-state index in [1.807, 2.05) is 24.4 Å². The number of aromatic nitrogens is 4. The topological polar surface area (TPSA) is 35.1 Å². The summed E-state index contributed by atoms with van der Waals surface area (Å²) in [7, 11) is 0. The van der Waals surface area contributed by atoms with Gasteiger partial charge in [0, 0.05) is 45.2 Å². The van der Waals surface area contributed by atoms with Gasteiger partial charge in [-0.2, -0.15) is 0 Å². The highest BCUT2D eigenvalue weighted by Crippen LogP contribution is 2.40. The molecule has 4 heterocycles. The molecule has 10 aromatic rings. The van der Waals surface area contributed by atoms with Gasteiger partial charge in [0.2, 0.25) is 0 Å². The second kappa shape index (κ2) is 9.62. The molecule has 0 atom stereocenters. The second-order valence-electron chi connectivity index (χ2n) is 11.9. The van der Waals surface area contributed by atoms with Crippen molar-refractivity contribution in [1.82, 2.24) is 18.9 Å². The zero-order valence-electron chi connectivity index (χ0n) is 24.8. The van der Waals surface area contributed by atoms with Crippen molar-refractivity contribution in [2.24, 2.45) is 0 Å². The van der Waals surface area contributed by atoms with Gasteiger partial charge in [0.1, 0.15) is 5.65 Å². The Morgan fingerprint density at radius 2 is 1.15 bits per heavy atom. The van der Waals surface area contributed by atoms with Crippen LogP contribution in [0.5, 0.6) is 0 Å². The first-order valence-electron chi connectivity index (χ1n) is 15.6. The third-order valence-electron chi connectivity index (χ3n) is 9.35. The molecule has 0 radical (unpaired) electrons. The van der Waals surface area contributed by atoms with E-state index in [-0.39, 0.29) is 0 Å². The molecule has 0 N–H and O–H groups in total. The number of nitrogens with zero attached hydrogens (tertiary/aromatic N) is 4. The molecule has 0 aliphatic carbocycles. The van der Waals surface area contributed by atoms with E-state index in [9.17, 15) is 0 Å². The Balaban J connectivity index is 1.24. The lowest BCUT2D eigenvalue weighted by Gasteiger charge is -2.13. The van der Waals surface area contributed by atoms with Crippen LogP contribution < -0.4 is 0 Å². The van der Waals surface area contributed by atoms with Gasteiger partial charge >= 0.3 is 0 Å². The Hall–Kier alpha value is -6.26. The Labute approximate surface area is 264 Å². The molecule has 0 spiro atoms. The molecule has 6 aromatic carbocycles. The van der Waals surface area contributed by atoms with E-state index in [4.69, 9.17) is 4.98 Å². The lowest BCUT2D eigenvalue weighted by molar-refractivity contribution is 1.18. The Kier molecular flexibility index (Phi) is 5.25. The Morgan fingerprint density at radius 3 is 1.98 bits per heavy atom. The number of para-hydroxylation sites is 2. The predicted molar refractivity (Wildman–Crippen MR) is 191 cm³/mol. The maximum absolute atomic E-state index is 5.11. The minimum absolute atomic E-state index is 0.947. The van der Waals surface area contributed by atoms with E-state index in [0.717, 1.165) is 39.0 Å². The summed E-state index contributed by atoms with van der Waals surface area (Å²) >= 11 is 0. The van der Waals surface area contributed by atoms with E-state index in [1.165, 1.54) is 49.1 Å². The third-order valence-corrected chi connectivity index (χ3v) is 9.35. The minimum atomic E-state index is 0.947. The molecule has 0 amide bonds. The van der Waals surface area contributed by atoms with Crippen LogP contribution in [0, 0.1) is 0 Å². The molecule has 4 aromatic heterocycles. The summed E-state index contributed by atoms with van der Waals surface area (Å²) in [5, 5.41) is 7.23. The lowest BCUT2D eigenvalue weighted by atomic mass is 9.94. The van der Waals surface area contributed by atoms with Crippen molar-refractivity contribution in [1.29, 1.82) is 0 Å². The van der Waals surface area contributed by atoms with Crippen LogP contribution in [0.2, 0.25) is 0 Å². The number of imidazole rings is 1. The van der Waals surface area contributed by atoms with Crippen LogP contribution in [0.15, 0.2) is 158 Å². The first-order chi connectivity index (χ1) is 22.8. The summed E-state index contributed by atoms with van der Waals surface area (Å²) in [4.78, 5) is 9.76. The third kappa shape index (κ3) is 3.61. The van der Waals surface area contributed by atoms with Crippen LogP contribution in [-0.4, -0.2) is 18.9 Å². The van der Waals surface area contributed by atoms with Crippen LogP contribution in [0.25, 0.3) is 88.1 Å². The molecule has 0 aliphatic heterocycles. The van der Waals surface area contributed by atoms with Crippen LogP contribution in [-0.2, 0) is 0 Å². The van der Waals surface area contributed by atoms with E-state index >= 15 is 0 Å². The predicted octanol–water partition coefficient (Wildman–Crippen LogP) is 10.6. The molecule has 0 saturated heterocycles. The highest BCUT2D eigenvalue weighted by Gasteiger charge is 2.17. The van der Waals surface area contributed by atoms with Crippen molar-refractivity contribution in [2.45, 2.75) is 0 Å². The monoisotopic (exact) mass is 586 g/mol. The van der Waals surface area contributed by atoms with E-state index < -0.39 is 0 Å². The van der Waals surface area contributed by atoms with Crippen molar-refractivity contribution >= 4 is 60.0 Å². The van der Waals surface area contributed by atoms with Crippen LogP contribution >= 0.6 is 0 Å². The van der Waals surface area contributed by atoms with Gasteiger partial charge in [-0.05, 0) is 82.6 Å². The number of rotatable bonds is 3. The van der Waals surface area contributed by atoms with Crippen molar-refractivity contribution in [3.05, 3.63) is 158 Å². The van der Waals surface area contributed by atoms with E-state index in [0.29, 0.717) is 0 Å². The molecular formula is C42H26N4. The van der Waals surface area contributed by atoms with Crippen molar-refractivity contribution in [3.63, 3.8) is 0 Å². The summed E-state index contributed by atoms with van der Waals surface area (Å²) in [5.41, 5.74) is 11.1. The summed E-state index contributed by atoms with van der Waals surface area (Å²) in [5.74, 6) is 0. The van der Waals surface area contributed by atoms with Gasteiger partial charge in [0.05, 0.1) is 27.8 Å². The standard InChI is InChI=1S/C42H26N4/c1-3-15-38-31(12-1)32-13-2-4-16-39(32)46(38)30-11-9-10-27(24-30)28-18-21-34-36(25-28)35-26-29(37-14-5-7-22-43-37)19-20-33(35)41-42(34)45-23-8-6-17-40(45)44-41/h1-26H. The van der Waals surface area contributed by atoms with E-state index in [2.05, 4.69) is 148 Å². The summed E-state index contributed by atoms with van der Waals surface area (Å²) in [6.45, 7) is 0. The molecule has 46 heavy (non-hydrogen) atoms. The quantitative estimate of drug-likeness (QED) is 0.193. The first-order valence-corrected chi connectivity index (χ1v) is 15.6. The molecule has 4 nitrogen and oxygen atoms in total. The zero-order valence-corrected chi connectivity index (χ0v) is 24.8. The number of pyridine rings is 2. The largest absolute Gasteiger partial charge is 0.309 e. The van der Waals surface area contributed by atoms with Crippen molar-refractivity contribution < 1.29 is 0 Å². The van der Waals surface area contributed by atoms with Gasteiger partial charge in [-0.15, -0.1) is 0 Å². The lowest BCUT2D eigenvalue weighted by Crippen LogP contribution is -1.94. The van der Waals surface area contributed by atoms with Crippen molar-refractivity contribution in [3.8, 4) is 28.1 Å². The normalized spacial score (nSPS) is 11.9. The van der Waals surface area contributed by atoms with E-state index in [1.54, 1.807) is 0 Å². The number of hydrogen-bond acceptors (Lipinski definition) is 2. The molecule has 0 fully saturated rings. The van der Waals surface area contributed by atoms with Gasteiger partial charge in [0.15, 0.2) is 0 Å². The molecule has 10 rings (SSSR count). The number of fused-ring (bicyclic) bond motifs is 11. The number of hydrogen-bond donors (Lipinski definition) is 0. The first kappa shape index (κ1) is 25.1. The van der Waals surface area contributed by atoms with Gasteiger partial charge < -0.3 is 4.57 Å². The maximum Gasteiger partial charge on any atom is 0.137 e. The highest BCUT2D eigenvalue weighted by molar-refractivity contribution is 6.25. The SMILES string of the molecule is c1ccc(-c2ccc3c(c2)c2cc(-c4cccc(-n5c6ccccc6c6ccccc65)c4)ccc2c2c3nc3ccccn32)nc1. The highest BCUT2D eigenvalue weighted by atomic mass is 15.0. The number of benzene rings is 6. The summed E-state index contributed by atoms with van der Waals surface area (Å²) in [6.07, 6.45) is 3.96. The Bertz CT molecular complexity index is 2750. The van der Waals surface area contributed by atoms with Gasteiger partial charge in [-0.3, -0.25) is 9.38 Å². The van der Waals surface area contributed by atoms with Gasteiger partial charge in [-0.25, -0.2) is 4.98 Å². The fourth-order valence-electron chi connectivity index (χ4n) is 7.29. The molecule has 0 bridgehead atoms. The van der Waals surface area contributed by atoms with Gasteiger partial charge in [-0.1, -0.05) is 84.9 Å². The summed E-state index contributed by atoms with van der Waals surface area (Å²) < 4.78 is 4.60. The minimum Gasteiger partial charge on any atom is -0.309 e. The van der Waals surface area contributed by atoms with Crippen LogP contribution in [0.3, 0.4) is 0 Å². The second-order valence-corrected chi connectivity index (χ2v) is 11.9. The zero-order chi connectivity index (χ0) is 30.2. The Morgan fingerprint density at radius 1 is 0.457 bits per heavy atom. The molecule has 0 saturated carbocycles. The fraction of sp³-hybridized carbons (Fsp3) is 0. The molecule has 214 valence electrons. The summed E-state index contributed by atoms with van der Waals surface area (Å²) in [6, 6.07) is 52.0.